The summed E-state index contributed by atoms with van der Waals surface area (Å²) >= 11 is 0. The van der Waals surface area contributed by atoms with Gasteiger partial charge in [0.2, 0.25) is 10.9 Å². The number of piperazine rings is 1. The maximum atomic E-state index is 12.7. The quantitative estimate of drug-likeness (QED) is 0.790. The molecule has 1 aliphatic carbocycles. The molecule has 24 heavy (non-hydrogen) atoms. The van der Waals surface area contributed by atoms with Gasteiger partial charge in [-0.2, -0.15) is 0 Å². The topological polar surface area (TPSA) is 69.7 Å². The molecule has 1 saturated carbocycles. The van der Waals surface area contributed by atoms with Crippen molar-refractivity contribution < 1.29 is 13.2 Å². The average molecular weight is 351 g/mol. The zero-order chi connectivity index (χ0) is 17.1. The number of hydrogen-bond acceptors (Lipinski definition) is 4. The van der Waals surface area contributed by atoms with Gasteiger partial charge >= 0.3 is 0 Å². The average Bonchev–Trinajstić information content (AvgIpc) is 2.51. The van der Waals surface area contributed by atoms with E-state index in [4.69, 9.17) is 0 Å². The van der Waals surface area contributed by atoms with Crippen LogP contribution >= 0.6 is 0 Å². The minimum absolute atomic E-state index is 0.0175. The molecule has 1 atom stereocenters. The van der Waals surface area contributed by atoms with Gasteiger partial charge in [-0.25, -0.2) is 8.42 Å². The number of nitrogens with one attached hydrogen (secondary N) is 1. The second kappa shape index (κ2) is 7.53. The number of hydrogen-bond donors (Lipinski definition) is 2. The number of nitrogens with zero attached hydrogens (tertiary/aromatic N) is 2. The number of benzene rings is 1. The number of rotatable bonds is 5. The Labute approximate surface area is 144 Å². The van der Waals surface area contributed by atoms with Crippen LogP contribution in [0.5, 0.6) is 0 Å². The molecule has 1 aromatic carbocycles. The van der Waals surface area contributed by atoms with E-state index in [2.05, 4.69) is 16.5 Å². The molecule has 0 aromatic heterocycles. The summed E-state index contributed by atoms with van der Waals surface area (Å²) in [4.78, 5) is 17.1. The lowest BCUT2D eigenvalue weighted by Crippen LogP contribution is -2.55. The first-order chi connectivity index (χ1) is 11.5. The molecular weight excluding hydrogens is 326 g/mol. The predicted octanol–water partition coefficient (Wildman–Crippen LogP) is 1.57. The zero-order valence-electron chi connectivity index (χ0n) is 14.0. The fourth-order valence-electron chi connectivity index (χ4n) is 3.50. The second-order valence-electron chi connectivity index (χ2n) is 6.85. The Morgan fingerprint density at radius 3 is 2.46 bits per heavy atom. The van der Waals surface area contributed by atoms with E-state index >= 15 is 0 Å². The first-order valence-corrected chi connectivity index (χ1v) is 9.75. The third-order valence-electron chi connectivity index (χ3n) is 5.07. The lowest BCUT2D eigenvalue weighted by molar-refractivity contribution is 0.0424. The van der Waals surface area contributed by atoms with Gasteiger partial charge in [-0.05, 0) is 49.9 Å². The van der Waals surface area contributed by atoms with Crippen LogP contribution in [0.25, 0.3) is 0 Å². The Bertz CT molecular complexity index is 648. The van der Waals surface area contributed by atoms with Crippen molar-refractivity contribution in [2.24, 2.45) is 5.92 Å². The third-order valence-corrected chi connectivity index (χ3v) is 5.51. The predicted molar refractivity (Wildman–Crippen MR) is 94.7 cm³/mol. The third kappa shape index (κ3) is 4.08. The van der Waals surface area contributed by atoms with Crippen molar-refractivity contribution in [2.75, 3.05) is 30.9 Å². The molecule has 0 unspecified atom stereocenters. The fourth-order valence-corrected chi connectivity index (χ4v) is 3.86. The van der Waals surface area contributed by atoms with Crippen LogP contribution in [0.3, 0.4) is 0 Å². The highest BCUT2D eigenvalue weighted by atomic mass is 32.2. The summed E-state index contributed by atoms with van der Waals surface area (Å²) in [6, 6.07) is 6.79. The van der Waals surface area contributed by atoms with Crippen LogP contribution < -0.4 is 4.72 Å². The maximum Gasteiger partial charge on any atom is 0.254 e. The summed E-state index contributed by atoms with van der Waals surface area (Å²) in [5, 5.41) is 0. The Hall–Kier alpha value is -1.60. The van der Waals surface area contributed by atoms with Crippen molar-refractivity contribution >= 4 is 22.5 Å². The smallest absolute Gasteiger partial charge is 0.254 e. The van der Waals surface area contributed by atoms with Gasteiger partial charge < -0.3 is 4.90 Å². The first kappa shape index (κ1) is 17.2. The molecule has 132 valence electrons. The molecule has 0 bridgehead atoms. The normalized spacial score (nSPS) is 22.4. The van der Waals surface area contributed by atoms with Gasteiger partial charge in [-0.15, -0.1) is 0 Å². The van der Waals surface area contributed by atoms with E-state index in [9.17, 15) is 13.2 Å². The van der Waals surface area contributed by atoms with Crippen molar-refractivity contribution in [2.45, 2.75) is 32.2 Å². The SMILES string of the molecule is C[C@H]1CN(CC2CCC2)CCN1C(=O)c1ccc(N[SH](=O)=O)cc1. The molecule has 0 spiro atoms. The number of carbonyl (C=O) groups is 1. The first-order valence-electron chi connectivity index (χ1n) is 8.57. The van der Waals surface area contributed by atoms with Gasteiger partial charge in [-0.3, -0.25) is 14.4 Å². The lowest BCUT2D eigenvalue weighted by atomic mass is 9.85. The van der Waals surface area contributed by atoms with Gasteiger partial charge in [0, 0.05) is 43.5 Å². The van der Waals surface area contributed by atoms with E-state index in [1.165, 1.54) is 25.8 Å². The summed E-state index contributed by atoms with van der Waals surface area (Å²) in [5.74, 6) is 0.871. The highest BCUT2D eigenvalue weighted by Crippen LogP contribution is 2.28. The standard InChI is InChI=1S/C17H25N3O3S/c1-13-11-19(12-14-3-2-4-14)9-10-20(13)17(21)15-5-7-16(8-6-15)18-24(22)23/h5-8,13-14,24H,2-4,9-12H2,1H3,(H,18,22,23)/t13-/m0/s1. The summed E-state index contributed by atoms with van der Waals surface area (Å²) < 4.78 is 23.6. The number of anilines is 1. The van der Waals surface area contributed by atoms with Crippen LogP contribution in [-0.2, 0) is 10.9 Å². The van der Waals surface area contributed by atoms with Crippen molar-refractivity contribution in [3.8, 4) is 0 Å². The van der Waals surface area contributed by atoms with Crippen LogP contribution in [0.1, 0.15) is 36.5 Å². The zero-order valence-corrected chi connectivity index (χ0v) is 14.9. The minimum atomic E-state index is -2.68. The summed E-state index contributed by atoms with van der Waals surface area (Å²) in [5.41, 5.74) is 1.07. The van der Waals surface area contributed by atoms with Crippen molar-refractivity contribution in [1.82, 2.24) is 9.80 Å². The summed E-state index contributed by atoms with van der Waals surface area (Å²) in [6.07, 6.45) is 4.07. The molecule has 6 nitrogen and oxygen atoms in total. The molecule has 1 aliphatic heterocycles. The highest BCUT2D eigenvalue weighted by molar-refractivity contribution is 7.73. The molecule has 0 radical (unpaired) electrons. The molecule has 1 amide bonds. The van der Waals surface area contributed by atoms with Gasteiger partial charge in [0.05, 0.1) is 0 Å². The highest BCUT2D eigenvalue weighted by Gasteiger charge is 2.30. The molecule has 1 saturated heterocycles. The maximum absolute atomic E-state index is 12.7. The summed E-state index contributed by atoms with van der Waals surface area (Å²) in [7, 11) is -2.68. The largest absolute Gasteiger partial charge is 0.333 e. The van der Waals surface area contributed by atoms with E-state index < -0.39 is 10.9 Å². The molecular formula is C17H25N3O3S. The van der Waals surface area contributed by atoms with Crippen LogP contribution in [0, 0.1) is 5.92 Å². The fraction of sp³-hybridized carbons (Fsp3) is 0.588. The van der Waals surface area contributed by atoms with Crippen molar-refractivity contribution in [3.05, 3.63) is 29.8 Å². The second-order valence-corrected chi connectivity index (χ2v) is 7.59. The van der Waals surface area contributed by atoms with Gasteiger partial charge in [0.1, 0.15) is 0 Å². The Balaban J connectivity index is 1.58. The van der Waals surface area contributed by atoms with Crippen molar-refractivity contribution in [1.29, 1.82) is 0 Å². The lowest BCUT2D eigenvalue weighted by Gasteiger charge is -2.42. The van der Waals surface area contributed by atoms with Crippen molar-refractivity contribution in [3.63, 3.8) is 0 Å². The molecule has 1 N–H and O–H groups in total. The van der Waals surface area contributed by atoms with Crippen LogP contribution in [0.15, 0.2) is 24.3 Å². The Morgan fingerprint density at radius 2 is 1.92 bits per heavy atom. The molecule has 7 heteroatoms. The van der Waals surface area contributed by atoms with Gasteiger partial charge in [0.25, 0.3) is 5.91 Å². The number of carbonyl (C=O) groups excluding carboxylic acids is 1. The van der Waals surface area contributed by atoms with E-state index in [1.54, 1.807) is 24.3 Å². The molecule has 2 fully saturated rings. The molecule has 1 aromatic rings. The molecule has 2 aliphatic rings. The number of thiol groups is 1. The van der Waals surface area contributed by atoms with E-state index in [0.29, 0.717) is 11.3 Å². The molecule has 3 rings (SSSR count). The van der Waals surface area contributed by atoms with Crippen LogP contribution in [-0.4, -0.2) is 56.3 Å². The minimum Gasteiger partial charge on any atom is -0.333 e. The Kier molecular flexibility index (Phi) is 5.40. The van der Waals surface area contributed by atoms with E-state index in [1.807, 2.05) is 4.90 Å². The monoisotopic (exact) mass is 351 g/mol. The van der Waals surface area contributed by atoms with Gasteiger partial charge in [0.15, 0.2) is 0 Å². The van der Waals surface area contributed by atoms with Crippen LogP contribution in [0.4, 0.5) is 5.69 Å². The molecule has 1 heterocycles. The Morgan fingerprint density at radius 1 is 1.21 bits per heavy atom. The van der Waals surface area contributed by atoms with Gasteiger partial charge in [-0.1, -0.05) is 6.42 Å². The van der Waals surface area contributed by atoms with Crippen LogP contribution in [0.2, 0.25) is 0 Å². The summed E-state index contributed by atoms with van der Waals surface area (Å²) in [6.45, 7) is 5.88. The van der Waals surface area contributed by atoms with E-state index in [0.717, 1.165) is 25.6 Å². The number of amides is 1. The van der Waals surface area contributed by atoms with E-state index in [-0.39, 0.29) is 11.9 Å².